The van der Waals surface area contributed by atoms with Gasteiger partial charge in [-0.1, -0.05) is 15.9 Å². The minimum Gasteiger partial charge on any atom is -0.497 e. The molecular formula is C13H20BrNO2. The molecule has 0 aliphatic rings. The fraction of sp³-hybridized carbons (Fsp3) is 0.538. The van der Waals surface area contributed by atoms with Crippen molar-refractivity contribution in [1.29, 1.82) is 0 Å². The summed E-state index contributed by atoms with van der Waals surface area (Å²) in [5, 5.41) is 3.26. The van der Waals surface area contributed by atoms with Gasteiger partial charge in [0, 0.05) is 17.1 Å². The van der Waals surface area contributed by atoms with Gasteiger partial charge >= 0.3 is 0 Å². The molecule has 1 atom stereocenters. The Morgan fingerprint density at radius 1 is 1.41 bits per heavy atom. The van der Waals surface area contributed by atoms with Gasteiger partial charge in [-0.25, -0.2) is 0 Å². The van der Waals surface area contributed by atoms with Crippen LogP contribution in [0.3, 0.4) is 0 Å². The Bertz CT molecular complexity index is 344. The Kier molecular flexibility index (Phi) is 6.55. The van der Waals surface area contributed by atoms with Gasteiger partial charge in [-0.3, -0.25) is 0 Å². The summed E-state index contributed by atoms with van der Waals surface area (Å²) in [5.74, 6) is 0.884. The van der Waals surface area contributed by atoms with Crippen LogP contribution in [0.1, 0.15) is 12.5 Å². The van der Waals surface area contributed by atoms with Crippen LogP contribution in [-0.2, 0) is 11.2 Å². The van der Waals surface area contributed by atoms with Crippen molar-refractivity contribution in [2.45, 2.75) is 19.4 Å². The highest BCUT2D eigenvalue weighted by Crippen LogP contribution is 2.23. The summed E-state index contributed by atoms with van der Waals surface area (Å²) < 4.78 is 11.8. The molecule has 4 heteroatoms. The minimum absolute atomic E-state index is 0.318. The first-order valence-electron chi connectivity index (χ1n) is 5.78. The van der Waals surface area contributed by atoms with E-state index in [2.05, 4.69) is 27.3 Å². The number of hydrogen-bond donors (Lipinski definition) is 1. The van der Waals surface area contributed by atoms with E-state index in [1.165, 1.54) is 5.56 Å². The van der Waals surface area contributed by atoms with Crippen molar-refractivity contribution < 1.29 is 9.47 Å². The molecule has 0 fully saturated rings. The third-order valence-electron chi connectivity index (χ3n) is 2.65. The van der Waals surface area contributed by atoms with Crippen molar-refractivity contribution >= 4 is 15.9 Å². The highest BCUT2D eigenvalue weighted by atomic mass is 79.9. The van der Waals surface area contributed by atoms with Crippen LogP contribution in [0.15, 0.2) is 22.7 Å². The summed E-state index contributed by atoms with van der Waals surface area (Å²) in [5.41, 5.74) is 1.23. The maximum Gasteiger partial charge on any atom is 0.119 e. The van der Waals surface area contributed by atoms with Gasteiger partial charge in [0.05, 0.1) is 13.7 Å². The first-order valence-corrected chi connectivity index (χ1v) is 6.58. The average Bonchev–Trinajstić information content (AvgIpc) is 2.36. The van der Waals surface area contributed by atoms with E-state index in [9.17, 15) is 0 Å². The van der Waals surface area contributed by atoms with E-state index < -0.39 is 0 Å². The lowest BCUT2D eigenvalue weighted by atomic mass is 10.1. The van der Waals surface area contributed by atoms with Crippen molar-refractivity contribution in [3.8, 4) is 5.75 Å². The van der Waals surface area contributed by atoms with Gasteiger partial charge in [-0.2, -0.15) is 0 Å². The van der Waals surface area contributed by atoms with E-state index in [1.807, 2.05) is 26.1 Å². The van der Waals surface area contributed by atoms with Gasteiger partial charge in [-0.15, -0.1) is 0 Å². The van der Waals surface area contributed by atoms with E-state index in [-0.39, 0.29) is 0 Å². The predicted molar refractivity (Wildman–Crippen MR) is 73.7 cm³/mol. The second-order valence-corrected chi connectivity index (χ2v) is 4.66. The summed E-state index contributed by atoms with van der Waals surface area (Å²) in [7, 11) is 3.64. The number of nitrogens with one attached hydrogen (secondary N) is 1. The van der Waals surface area contributed by atoms with Crippen molar-refractivity contribution in [2.75, 3.05) is 27.4 Å². The molecule has 0 aliphatic carbocycles. The molecule has 0 saturated carbocycles. The fourth-order valence-corrected chi connectivity index (χ4v) is 2.01. The number of rotatable bonds is 7. The monoisotopic (exact) mass is 301 g/mol. The average molecular weight is 302 g/mol. The maximum absolute atomic E-state index is 5.45. The van der Waals surface area contributed by atoms with Gasteiger partial charge in [0.15, 0.2) is 0 Å². The topological polar surface area (TPSA) is 30.5 Å². The van der Waals surface area contributed by atoms with E-state index >= 15 is 0 Å². The lowest BCUT2D eigenvalue weighted by Crippen LogP contribution is -2.32. The van der Waals surface area contributed by atoms with Crippen LogP contribution in [0.2, 0.25) is 0 Å². The Labute approximate surface area is 112 Å². The molecule has 0 aromatic heterocycles. The molecule has 0 saturated heterocycles. The normalized spacial score (nSPS) is 12.5. The van der Waals surface area contributed by atoms with Crippen molar-refractivity contribution in [3.05, 3.63) is 28.2 Å². The quantitative estimate of drug-likeness (QED) is 0.840. The molecule has 0 aliphatic heterocycles. The highest BCUT2D eigenvalue weighted by molar-refractivity contribution is 9.10. The Hall–Kier alpha value is -0.580. The van der Waals surface area contributed by atoms with Crippen molar-refractivity contribution in [2.24, 2.45) is 0 Å². The number of methoxy groups -OCH3 is 1. The molecule has 0 amide bonds. The van der Waals surface area contributed by atoms with E-state index in [1.54, 1.807) is 7.11 Å². The molecule has 1 rings (SSSR count). The first-order chi connectivity index (χ1) is 8.21. The zero-order chi connectivity index (χ0) is 12.7. The van der Waals surface area contributed by atoms with Crippen molar-refractivity contribution in [1.82, 2.24) is 5.32 Å². The molecule has 3 nitrogen and oxygen atoms in total. The first kappa shape index (κ1) is 14.5. The minimum atomic E-state index is 0.318. The largest absolute Gasteiger partial charge is 0.497 e. The van der Waals surface area contributed by atoms with Crippen LogP contribution >= 0.6 is 15.9 Å². The highest BCUT2D eigenvalue weighted by Gasteiger charge is 2.10. The molecule has 0 bridgehead atoms. The third-order valence-corrected chi connectivity index (χ3v) is 3.42. The summed E-state index contributed by atoms with van der Waals surface area (Å²) in [6.07, 6.45) is 0.911. The molecule has 1 aromatic carbocycles. The van der Waals surface area contributed by atoms with Crippen LogP contribution in [0, 0.1) is 0 Å². The summed E-state index contributed by atoms with van der Waals surface area (Å²) in [6, 6.07) is 6.34. The summed E-state index contributed by atoms with van der Waals surface area (Å²) in [6.45, 7) is 3.47. The molecule has 0 heterocycles. The molecule has 1 aromatic rings. The van der Waals surface area contributed by atoms with Crippen LogP contribution in [0.5, 0.6) is 5.75 Å². The van der Waals surface area contributed by atoms with Crippen LogP contribution in [0.4, 0.5) is 0 Å². The number of benzene rings is 1. The Morgan fingerprint density at radius 2 is 2.18 bits per heavy atom. The molecule has 17 heavy (non-hydrogen) atoms. The lowest BCUT2D eigenvalue weighted by molar-refractivity contribution is 0.125. The van der Waals surface area contributed by atoms with Crippen LogP contribution in [-0.4, -0.2) is 33.4 Å². The third kappa shape index (κ3) is 4.66. The van der Waals surface area contributed by atoms with E-state index in [0.717, 1.165) is 29.9 Å². The smallest absolute Gasteiger partial charge is 0.119 e. The molecule has 0 spiro atoms. The molecular weight excluding hydrogens is 282 g/mol. The Balaban J connectivity index is 2.70. The second-order valence-electron chi connectivity index (χ2n) is 3.81. The van der Waals surface area contributed by atoms with E-state index in [0.29, 0.717) is 6.04 Å². The van der Waals surface area contributed by atoms with Crippen LogP contribution in [0.25, 0.3) is 0 Å². The van der Waals surface area contributed by atoms with Crippen LogP contribution < -0.4 is 10.1 Å². The zero-order valence-corrected chi connectivity index (χ0v) is 12.2. The van der Waals surface area contributed by atoms with Gasteiger partial charge in [0.25, 0.3) is 0 Å². The molecule has 1 unspecified atom stereocenters. The Morgan fingerprint density at radius 3 is 2.76 bits per heavy atom. The number of ether oxygens (including phenoxy) is 2. The summed E-state index contributed by atoms with van der Waals surface area (Å²) >= 11 is 3.56. The number of halogens is 1. The number of likely N-dealkylation sites (N-methyl/N-ethyl adjacent to an activating group) is 1. The number of hydrogen-bond acceptors (Lipinski definition) is 3. The van der Waals surface area contributed by atoms with Gasteiger partial charge < -0.3 is 14.8 Å². The molecule has 96 valence electrons. The van der Waals surface area contributed by atoms with Gasteiger partial charge in [0.2, 0.25) is 0 Å². The van der Waals surface area contributed by atoms with E-state index in [4.69, 9.17) is 9.47 Å². The summed E-state index contributed by atoms with van der Waals surface area (Å²) in [4.78, 5) is 0. The second kappa shape index (κ2) is 7.69. The predicted octanol–water partition coefficient (Wildman–Crippen LogP) is 2.62. The standard InChI is InChI=1S/C13H20BrNO2/c1-4-17-9-11(15-2)7-10-8-12(16-3)5-6-13(10)14/h5-6,8,11,15H,4,7,9H2,1-3H3. The van der Waals surface area contributed by atoms with Gasteiger partial charge in [0.1, 0.15) is 5.75 Å². The lowest BCUT2D eigenvalue weighted by Gasteiger charge is -2.17. The van der Waals surface area contributed by atoms with Gasteiger partial charge in [-0.05, 0) is 44.2 Å². The SMILES string of the molecule is CCOCC(Cc1cc(OC)ccc1Br)NC. The molecule has 0 radical (unpaired) electrons. The fourth-order valence-electron chi connectivity index (χ4n) is 1.60. The maximum atomic E-state index is 5.45. The molecule has 1 N–H and O–H groups in total. The van der Waals surface area contributed by atoms with Crippen molar-refractivity contribution in [3.63, 3.8) is 0 Å². The zero-order valence-electron chi connectivity index (χ0n) is 10.6.